The Morgan fingerprint density at radius 3 is 2.30 bits per heavy atom. The molecule has 0 fully saturated rings. The van der Waals surface area contributed by atoms with Gasteiger partial charge in [0.15, 0.2) is 5.75 Å². The van der Waals surface area contributed by atoms with Crippen molar-refractivity contribution in [3.63, 3.8) is 0 Å². The molecule has 0 aliphatic rings. The molecule has 116 valence electrons. The summed E-state index contributed by atoms with van der Waals surface area (Å²) in [5, 5.41) is 21.6. The molecule has 0 heterocycles. The van der Waals surface area contributed by atoms with Crippen molar-refractivity contribution in [2.45, 2.75) is 0 Å². The number of anilines is 1. The number of carbonyl (C=O) groups excluding carboxylic acids is 1. The molecule has 0 atom stereocenters. The highest BCUT2D eigenvalue weighted by Gasteiger charge is 2.12. The summed E-state index contributed by atoms with van der Waals surface area (Å²) >= 11 is 17.6. The van der Waals surface area contributed by atoms with Gasteiger partial charge >= 0.3 is 0 Å². The minimum Gasteiger partial charge on any atom is -0.505 e. The zero-order valence-corrected chi connectivity index (χ0v) is 13.7. The molecule has 2 N–H and O–H groups in total. The highest BCUT2D eigenvalue weighted by atomic mass is 35.5. The average molecular weight is 368 g/mol. The van der Waals surface area contributed by atoms with Crippen LogP contribution in [-0.2, 0) is 4.79 Å². The van der Waals surface area contributed by atoms with E-state index in [1.807, 2.05) is 0 Å². The lowest BCUT2D eigenvalue weighted by atomic mass is 10.1. The highest BCUT2D eigenvalue weighted by molar-refractivity contribution is 6.37. The molecule has 2 aromatic rings. The maximum Gasteiger partial charge on any atom is 0.266 e. The third-order valence-electron chi connectivity index (χ3n) is 2.84. The predicted molar refractivity (Wildman–Crippen MR) is 91.8 cm³/mol. The van der Waals surface area contributed by atoms with Crippen LogP contribution in [-0.4, -0.2) is 11.0 Å². The number of nitrogens with one attached hydrogen (secondary N) is 1. The third-order valence-corrected chi connectivity index (χ3v) is 3.74. The van der Waals surface area contributed by atoms with Crippen LogP contribution in [0.5, 0.6) is 5.75 Å². The van der Waals surface area contributed by atoms with Crippen LogP contribution in [0.4, 0.5) is 5.69 Å². The first kappa shape index (κ1) is 17.2. The number of rotatable bonds is 3. The molecule has 0 aliphatic heterocycles. The summed E-state index contributed by atoms with van der Waals surface area (Å²) in [5.74, 6) is -0.884. The smallest absolute Gasteiger partial charge is 0.266 e. The van der Waals surface area contributed by atoms with E-state index >= 15 is 0 Å². The first-order valence-electron chi connectivity index (χ1n) is 6.28. The zero-order chi connectivity index (χ0) is 17.0. The first-order chi connectivity index (χ1) is 10.9. The summed E-state index contributed by atoms with van der Waals surface area (Å²) in [6, 6.07) is 11.2. The maximum atomic E-state index is 12.2. The lowest BCUT2D eigenvalue weighted by Crippen LogP contribution is -2.13. The normalized spacial score (nSPS) is 11.0. The number of aromatic hydroxyl groups is 1. The number of hydrogen-bond acceptors (Lipinski definition) is 3. The molecule has 0 aliphatic carbocycles. The van der Waals surface area contributed by atoms with Crippen molar-refractivity contribution >= 4 is 52.5 Å². The van der Waals surface area contributed by atoms with E-state index < -0.39 is 5.91 Å². The molecule has 1 amide bonds. The Morgan fingerprint density at radius 1 is 1.13 bits per heavy atom. The lowest BCUT2D eigenvalue weighted by Gasteiger charge is -2.06. The second-order valence-corrected chi connectivity index (χ2v) is 5.66. The molecule has 2 rings (SSSR count). The van der Waals surface area contributed by atoms with Gasteiger partial charge in [-0.3, -0.25) is 4.79 Å². The van der Waals surface area contributed by atoms with Crippen LogP contribution in [0.3, 0.4) is 0 Å². The van der Waals surface area contributed by atoms with E-state index in [2.05, 4.69) is 5.32 Å². The van der Waals surface area contributed by atoms with Crippen molar-refractivity contribution in [2.24, 2.45) is 0 Å². The number of amides is 1. The van der Waals surface area contributed by atoms with E-state index in [9.17, 15) is 15.2 Å². The minimum atomic E-state index is -0.624. The second kappa shape index (κ2) is 7.38. The predicted octanol–water partition coefficient (Wildman–Crippen LogP) is 4.90. The van der Waals surface area contributed by atoms with Crippen molar-refractivity contribution in [1.82, 2.24) is 0 Å². The van der Waals surface area contributed by atoms with Gasteiger partial charge in [0, 0.05) is 0 Å². The van der Waals surface area contributed by atoms with Crippen LogP contribution in [0.2, 0.25) is 15.1 Å². The summed E-state index contributed by atoms with van der Waals surface area (Å²) in [6.45, 7) is 0. The Hall–Kier alpha value is -2.19. The number of phenols is 1. The standard InChI is InChI=1S/C16H9Cl3N2O2/c17-11-3-1-2-4-14(11)21-16(23)10(8-20)5-9-6-12(18)15(22)13(19)7-9/h1-7,22H,(H,21,23)/b10-5+. The summed E-state index contributed by atoms with van der Waals surface area (Å²) in [5.41, 5.74) is 0.633. The lowest BCUT2D eigenvalue weighted by molar-refractivity contribution is -0.112. The van der Waals surface area contributed by atoms with Gasteiger partial charge in [-0.05, 0) is 35.9 Å². The van der Waals surface area contributed by atoms with Crippen molar-refractivity contribution in [1.29, 1.82) is 5.26 Å². The molecule has 23 heavy (non-hydrogen) atoms. The van der Waals surface area contributed by atoms with Crippen LogP contribution in [0, 0.1) is 11.3 Å². The molecular formula is C16H9Cl3N2O2. The first-order valence-corrected chi connectivity index (χ1v) is 7.41. The molecule has 2 aromatic carbocycles. The quantitative estimate of drug-likeness (QED) is 0.598. The molecule has 0 saturated heterocycles. The summed E-state index contributed by atoms with van der Waals surface area (Å²) in [4.78, 5) is 12.2. The van der Waals surface area contributed by atoms with Gasteiger partial charge in [-0.25, -0.2) is 0 Å². The Morgan fingerprint density at radius 2 is 1.74 bits per heavy atom. The second-order valence-electron chi connectivity index (χ2n) is 4.44. The summed E-state index contributed by atoms with van der Waals surface area (Å²) in [7, 11) is 0. The van der Waals surface area contributed by atoms with Gasteiger partial charge in [0.1, 0.15) is 11.6 Å². The van der Waals surface area contributed by atoms with Crippen LogP contribution >= 0.6 is 34.8 Å². The van der Waals surface area contributed by atoms with Gasteiger partial charge in [0.25, 0.3) is 5.91 Å². The van der Waals surface area contributed by atoms with Crippen LogP contribution in [0.1, 0.15) is 5.56 Å². The molecule has 4 nitrogen and oxygen atoms in total. The number of halogens is 3. The van der Waals surface area contributed by atoms with E-state index in [-0.39, 0.29) is 21.4 Å². The van der Waals surface area contributed by atoms with Gasteiger partial charge in [-0.1, -0.05) is 46.9 Å². The summed E-state index contributed by atoms with van der Waals surface area (Å²) in [6.07, 6.45) is 1.31. The van der Waals surface area contributed by atoms with Crippen molar-refractivity contribution in [3.05, 3.63) is 62.6 Å². The van der Waals surface area contributed by atoms with Gasteiger partial charge in [-0.15, -0.1) is 0 Å². The number of nitriles is 1. The Balaban J connectivity index is 2.31. The maximum absolute atomic E-state index is 12.2. The van der Waals surface area contributed by atoms with Gasteiger partial charge in [0.05, 0.1) is 20.8 Å². The molecule has 0 bridgehead atoms. The van der Waals surface area contributed by atoms with E-state index in [1.165, 1.54) is 18.2 Å². The van der Waals surface area contributed by atoms with Crippen molar-refractivity contribution in [3.8, 4) is 11.8 Å². The van der Waals surface area contributed by atoms with E-state index in [0.29, 0.717) is 16.3 Å². The van der Waals surface area contributed by atoms with E-state index in [0.717, 1.165) is 0 Å². The largest absolute Gasteiger partial charge is 0.505 e. The zero-order valence-electron chi connectivity index (χ0n) is 11.5. The number of carbonyl (C=O) groups is 1. The third kappa shape index (κ3) is 4.17. The molecule has 0 spiro atoms. The number of phenolic OH excluding ortho intramolecular Hbond substituents is 1. The molecule has 7 heteroatoms. The Labute approximate surface area is 147 Å². The number of para-hydroxylation sites is 1. The van der Waals surface area contributed by atoms with Crippen molar-refractivity contribution < 1.29 is 9.90 Å². The van der Waals surface area contributed by atoms with Crippen LogP contribution in [0.15, 0.2) is 42.0 Å². The molecule has 0 aromatic heterocycles. The number of hydrogen-bond donors (Lipinski definition) is 2. The van der Waals surface area contributed by atoms with Gasteiger partial charge in [0.2, 0.25) is 0 Å². The van der Waals surface area contributed by atoms with E-state index in [1.54, 1.807) is 30.3 Å². The van der Waals surface area contributed by atoms with E-state index in [4.69, 9.17) is 34.8 Å². The molecule has 0 saturated carbocycles. The number of benzene rings is 2. The van der Waals surface area contributed by atoms with Crippen molar-refractivity contribution in [2.75, 3.05) is 5.32 Å². The van der Waals surface area contributed by atoms with Gasteiger partial charge < -0.3 is 10.4 Å². The molecular weight excluding hydrogens is 359 g/mol. The monoisotopic (exact) mass is 366 g/mol. The Kier molecular flexibility index (Phi) is 5.51. The highest BCUT2D eigenvalue weighted by Crippen LogP contribution is 2.33. The fraction of sp³-hybridized carbons (Fsp3) is 0. The fourth-order valence-electron chi connectivity index (χ4n) is 1.74. The van der Waals surface area contributed by atoms with Gasteiger partial charge in [-0.2, -0.15) is 5.26 Å². The molecule has 0 unspecified atom stereocenters. The fourth-order valence-corrected chi connectivity index (χ4v) is 2.42. The summed E-state index contributed by atoms with van der Waals surface area (Å²) < 4.78 is 0. The molecule has 0 radical (unpaired) electrons. The Bertz CT molecular complexity index is 818. The SMILES string of the molecule is N#C/C(=C\c1cc(Cl)c(O)c(Cl)c1)C(=O)Nc1ccccc1Cl. The minimum absolute atomic E-state index is 0.0209. The van der Waals surface area contributed by atoms with Crippen LogP contribution in [0.25, 0.3) is 6.08 Å². The number of nitrogens with zero attached hydrogens (tertiary/aromatic N) is 1. The van der Waals surface area contributed by atoms with Crippen LogP contribution < -0.4 is 5.32 Å². The topological polar surface area (TPSA) is 73.1 Å². The average Bonchev–Trinajstić information content (AvgIpc) is 2.52.